The number of carbonyl (C=O) groups is 2. The maximum atomic E-state index is 13.5. The summed E-state index contributed by atoms with van der Waals surface area (Å²) in [7, 11) is 0. The van der Waals surface area contributed by atoms with E-state index in [2.05, 4.69) is 12.2 Å². The second kappa shape index (κ2) is 9.18. The van der Waals surface area contributed by atoms with Crippen molar-refractivity contribution in [2.24, 2.45) is 0 Å². The molecule has 1 aliphatic rings. The van der Waals surface area contributed by atoms with Crippen LogP contribution in [0.25, 0.3) is 5.57 Å². The molecule has 0 saturated heterocycles. The van der Waals surface area contributed by atoms with Gasteiger partial charge >= 0.3 is 0 Å². The third kappa shape index (κ3) is 4.19. The first-order chi connectivity index (χ1) is 15.5. The van der Waals surface area contributed by atoms with E-state index in [9.17, 15) is 14.0 Å². The van der Waals surface area contributed by atoms with E-state index >= 15 is 0 Å². The van der Waals surface area contributed by atoms with Crippen molar-refractivity contribution >= 4 is 28.8 Å². The molecule has 0 spiro atoms. The van der Waals surface area contributed by atoms with Gasteiger partial charge in [0, 0.05) is 5.69 Å². The number of nitrogens with zero attached hydrogens (tertiary/aromatic N) is 1. The Morgan fingerprint density at radius 3 is 2.22 bits per heavy atom. The molecule has 1 N–H and O–H groups in total. The van der Waals surface area contributed by atoms with E-state index < -0.39 is 17.6 Å². The summed E-state index contributed by atoms with van der Waals surface area (Å²) in [5, 5.41) is 3.17. The molecular weight excluding hydrogens is 403 g/mol. The van der Waals surface area contributed by atoms with E-state index in [0.717, 1.165) is 30.5 Å². The molecule has 2 amide bonds. The van der Waals surface area contributed by atoms with Gasteiger partial charge in [-0.2, -0.15) is 0 Å². The molecule has 0 bridgehead atoms. The number of halogens is 1. The monoisotopic (exact) mass is 428 g/mol. The minimum atomic E-state index is -0.432. The zero-order chi connectivity index (χ0) is 22.7. The van der Waals surface area contributed by atoms with Gasteiger partial charge in [0.25, 0.3) is 11.8 Å². The molecule has 0 aromatic heterocycles. The van der Waals surface area contributed by atoms with Gasteiger partial charge in [-0.15, -0.1) is 0 Å². The summed E-state index contributed by atoms with van der Waals surface area (Å²) in [5.41, 5.74) is 4.26. The van der Waals surface area contributed by atoms with Gasteiger partial charge < -0.3 is 5.32 Å². The van der Waals surface area contributed by atoms with Crippen LogP contribution >= 0.6 is 0 Å². The molecule has 0 fully saturated rings. The maximum absolute atomic E-state index is 13.5. The lowest BCUT2D eigenvalue weighted by Crippen LogP contribution is -2.32. The van der Waals surface area contributed by atoms with E-state index in [0.29, 0.717) is 11.3 Å². The van der Waals surface area contributed by atoms with Crippen molar-refractivity contribution in [3.05, 3.63) is 101 Å². The molecular formula is C27H25FN2O2. The highest BCUT2D eigenvalue weighted by Gasteiger charge is 2.40. The second-order valence-corrected chi connectivity index (χ2v) is 7.91. The van der Waals surface area contributed by atoms with E-state index in [1.54, 1.807) is 12.1 Å². The zero-order valence-corrected chi connectivity index (χ0v) is 18.2. The van der Waals surface area contributed by atoms with Gasteiger partial charge in [-0.1, -0.05) is 55.8 Å². The smallest absolute Gasteiger partial charge is 0.282 e. The number of rotatable bonds is 7. The number of anilines is 2. The van der Waals surface area contributed by atoms with Crippen LogP contribution in [0.15, 0.2) is 78.5 Å². The molecule has 0 atom stereocenters. The Morgan fingerprint density at radius 2 is 1.56 bits per heavy atom. The SMILES string of the molecule is CCCCc1ccc(N2C(=O)C(Nc3ccccc3C)=C(c3ccc(F)cc3)C2=O)cc1. The fourth-order valence-electron chi connectivity index (χ4n) is 3.80. The van der Waals surface area contributed by atoms with Gasteiger partial charge in [-0.3, -0.25) is 9.59 Å². The quantitative estimate of drug-likeness (QED) is 0.479. The Bertz CT molecular complexity index is 1180. The molecule has 0 aliphatic carbocycles. The van der Waals surface area contributed by atoms with Gasteiger partial charge in [0.2, 0.25) is 0 Å². The molecule has 162 valence electrons. The lowest BCUT2D eigenvalue weighted by molar-refractivity contribution is -0.120. The number of carbonyl (C=O) groups excluding carboxylic acids is 2. The number of benzene rings is 3. The minimum Gasteiger partial charge on any atom is -0.350 e. The first-order valence-corrected chi connectivity index (χ1v) is 10.8. The number of amides is 2. The largest absolute Gasteiger partial charge is 0.350 e. The van der Waals surface area contributed by atoms with Gasteiger partial charge in [-0.05, 0) is 66.8 Å². The lowest BCUT2D eigenvalue weighted by atomic mass is 10.0. The highest BCUT2D eigenvalue weighted by molar-refractivity contribution is 6.46. The number of hydrogen-bond donors (Lipinski definition) is 1. The van der Waals surface area contributed by atoms with Crippen molar-refractivity contribution in [1.29, 1.82) is 0 Å². The summed E-state index contributed by atoms with van der Waals surface area (Å²) in [6, 6.07) is 20.7. The lowest BCUT2D eigenvalue weighted by Gasteiger charge is -2.16. The molecule has 1 heterocycles. The predicted molar refractivity (Wildman–Crippen MR) is 126 cm³/mol. The number of nitrogens with one attached hydrogen (secondary N) is 1. The van der Waals surface area contributed by atoms with Crippen LogP contribution < -0.4 is 10.2 Å². The van der Waals surface area contributed by atoms with Crippen molar-refractivity contribution < 1.29 is 14.0 Å². The highest BCUT2D eigenvalue weighted by atomic mass is 19.1. The summed E-state index contributed by atoms with van der Waals surface area (Å²) >= 11 is 0. The molecule has 1 aliphatic heterocycles. The topological polar surface area (TPSA) is 49.4 Å². The van der Waals surface area contributed by atoms with Gasteiger partial charge in [0.15, 0.2) is 0 Å². The summed E-state index contributed by atoms with van der Waals surface area (Å²) in [6.45, 7) is 4.07. The van der Waals surface area contributed by atoms with Crippen LogP contribution in [0.3, 0.4) is 0 Å². The van der Waals surface area contributed by atoms with Crippen molar-refractivity contribution in [1.82, 2.24) is 0 Å². The van der Waals surface area contributed by atoms with Crippen molar-refractivity contribution in [3.8, 4) is 0 Å². The Morgan fingerprint density at radius 1 is 0.875 bits per heavy atom. The number of unbranched alkanes of at least 4 members (excludes halogenated alkanes) is 1. The standard InChI is InChI=1S/C27H25FN2O2/c1-3-4-8-19-10-16-22(17-11-19)30-26(31)24(20-12-14-21(28)15-13-20)25(27(30)32)29-23-9-6-5-7-18(23)2/h5-7,9-17,29H,3-4,8H2,1-2H3. The Hall–Kier alpha value is -3.73. The third-order valence-corrected chi connectivity index (χ3v) is 5.64. The molecule has 3 aromatic carbocycles. The second-order valence-electron chi connectivity index (χ2n) is 7.91. The summed E-state index contributed by atoms with van der Waals surface area (Å²) in [5.74, 6) is -1.27. The van der Waals surface area contributed by atoms with Crippen LogP contribution in [-0.2, 0) is 16.0 Å². The van der Waals surface area contributed by atoms with Gasteiger partial charge in [0.05, 0.1) is 11.3 Å². The van der Waals surface area contributed by atoms with E-state index in [4.69, 9.17) is 0 Å². The fourth-order valence-corrected chi connectivity index (χ4v) is 3.80. The fraction of sp³-hybridized carbons (Fsp3) is 0.185. The molecule has 4 nitrogen and oxygen atoms in total. The number of para-hydroxylation sites is 1. The zero-order valence-electron chi connectivity index (χ0n) is 18.2. The van der Waals surface area contributed by atoms with Crippen LogP contribution in [0.2, 0.25) is 0 Å². The third-order valence-electron chi connectivity index (χ3n) is 5.64. The minimum absolute atomic E-state index is 0.186. The number of hydrogen-bond acceptors (Lipinski definition) is 3. The predicted octanol–water partition coefficient (Wildman–Crippen LogP) is 5.87. The molecule has 0 radical (unpaired) electrons. The van der Waals surface area contributed by atoms with Crippen LogP contribution in [-0.4, -0.2) is 11.8 Å². The molecule has 0 unspecified atom stereocenters. The van der Waals surface area contributed by atoms with Crippen molar-refractivity contribution in [2.45, 2.75) is 33.1 Å². The summed E-state index contributed by atoms with van der Waals surface area (Å²) in [6.07, 6.45) is 3.14. The molecule has 5 heteroatoms. The molecule has 4 rings (SSSR count). The van der Waals surface area contributed by atoms with E-state index in [-0.39, 0.29) is 11.3 Å². The van der Waals surface area contributed by atoms with Gasteiger partial charge in [0.1, 0.15) is 11.5 Å². The van der Waals surface area contributed by atoms with Crippen molar-refractivity contribution in [3.63, 3.8) is 0 Å². The average molecular weight is 429 g/mol. The van der Waals surface area contributed by atoms with E-state index in [1.165, 1.54) is 34.7 Å². The number of aryl methyl sites for hydroxylation is 2. The Kier molecular flexibility index (Phi) is 6.17. The Labute approximate surface area is 187 Å². The maximum Gasteiger partial charge on any atom is 0.282 e. The van der Waals surface area contributed by atoms with Crippen LogP contribution in [0.4, 0.5) is 15.8 Å². The molecule has 0 saturated carbocycles. The normalized spacial score (nSPS) is 13.8. The van der Waals surface area contributed by atoms with Crippen LogP contribution in [0, 0.1) is 12.7 Å². The average Bonchev–Trinajstić information content (AvgIpc) is 3.04. The first kappa shape index (κ1) is 21.5. The van der Waals surface area contributed by atoms with E-state index in [1.807, 2.05) is 43.3 Å². The Balaban J connectivity index is 1.74. The van der Waals surface area contributed by atoms with Crippen LogP contribution in [0.5, 0.6) is 0 Å². The van der Waals surface area contributed by atoms with Gasteiger partial charge in [-0.25, -0.2) is 9.29 Å². The molecule has 3 aromatic rings. The van der Waals surface area contributed by atoms with Crippen LogP contribution in [0.1, 0.15) is 36.5 Å². The summed E-state index contributed by atoms with van der Waals surface area (Å²) in [4.78, 5) is 28.1. The highest BCUT2D eigenvalue weighted by Crippen LogP contribution is 2.34. The van der Waals surface area contributed by atoms with Crippen molar-refractivity contribution in [2.75, 3.05) is 10.2 Å². The first-order valence-electron chi connectivity index (χ1n) is 10.8. The molecule has 32 heavy (non-hydrogen) atoms. The summed E-state index contributed by atoms with van der Waals surface area (Å²) < 4.78 is 13.5. The number of imide groups is 1.